The Morgan fingerprint density at radius 1 is 1.30 bits per heavy atom. The Balaban J connectivity index is 1.62. The van der Waals surface area contributed by atoms with E-state index in [2.05, 4.69) is 15.4 Å². The minimum absolute atomic E-state index is 0.111. The van der Waals surface area contributed by atoms with Gasteiger partial charge in [-0.1, -0.05) is 0 Å². The van der Waals surface area contributed by atoms with Crippen LogP contribution in [-0.2, 0) is 9.47 Å². The molecule has 20 heavy (non-hydrogen) atoms. The lowest BCUT2D eigenvalue weighted by Crippen LogP contribution is -2.50. The summed E-state index contributed by atoms with van der Waals surface area (Å²) in [6.45, 7) is 2.58. The minimum atomic E-state index is -0.300. The predicted molar refractivity (Wildman–Crippen MR) is 72.5 cm³/mol. The molecule has 2 N–H and O–H groups in total. The van der Waals surface area contributed by atoms with Gasteiger partial charge in [-0.05, 0) is 25.7 Å². The van der Waals surface area contributed by atoms with Gasteiger partial charge in [0, 0.05) is 32.3 Å². The third-order valence-electron chi connectivity index (χ3n) is 3.78. The van der Waals surface area contributed by atoms with Crippen molar-refractivity contribution in [2.45, 2.75) is 37.8 Å². The van der Waals surface area contributed by atoms with E-state index in [1.165, 1.54) is 7.11 Å². The summed E-state index contributed by atoms with van der Waals surface area (Å²) in [6.07, 6.45) is 3.44. The fraction of sp³-hybridized carbons (Fsp3) is 0.846. The van der Waals surface area contributed by atoms with Gasteiger partial charge in [-0.2, -0.15) is 0 Å². The van der Waals surface area contributed by atoms with Crippen molar-refractivity contribution >= 4 is 12.1 Å². The van der Waals surface area contributed by atoms with Gasteiger partial charge in [-0.15, -0.1) is 0 Å². The number of carbonyl (C=O) groups is 2. The normalized spacial score (nSPS) is 23.4. The van der Waals surface area contributed by atoms with Gasteiger partial charge in [0.1, 0.15) is 0 Å². The lowest BCUT2D eigenvalue weighted by molar-refractivity contribution is 0.107. The number of likely N-dealkylation sites (tertiary alicyclic amines) is 1. The molecule has 0 unspecified atom stereocenters. The molecule has 2 rings (SSSR count). The van der Waals surface area contributed by atoms with Gasteiger partial charge in [-0.25, -0.2) is 9.59 Å². The summed E-state index contributed by atoms with van der Waals surface area (Å²) in [6, 6.07) is -0.0441. The van der Waals surface area contributed by atoms with Crippen molar-refractivity contribution < 1.29 is 19.1 Å². The number of rotatable bonds is 3. The van der Waals surface area contributed by atoms with E-state index in [1.807, 2.05) is 0 Å². The minimum Gasteiger partial charge on any atom is -0.453 e. The highest BCUT2D eigenvalue weighted by atomic mass is 16.5. The quantitative estimate of drug-likeness (QED) is 0.800. The molecule has 2 fully saturated rings. The van der Waals surface area contributed by atoms with Crippen LogP contribution in [0.4, 0.5) is 9.59 Å². The number of piperidine rings is 1. The number of hydrogen-bond donors (Lipinski definition) is 2. The van der Waals surface area contributed by atoms with Gasteiger partial charge in [-0.3, -0.25) is 0 Å². The van der Waals surface area contributed by atoms with Crippen molar-refractivity contribution in [1.29, 1.82) is 0 Å². The molecular formula is C13H23N3O4. The molecule has 0 radical (unpaired) electrons. The summed E-state index contributed by atoms with van der Waals surface area (Å²) in [5.74, 6) is 0. The fourth-order valence-corrected chi connectivity index (χ4v) is 2.58. The first-order chi connectivity index (χ1) is 9.69. The topological polar surface area (TPSA) is 79.9 Å². The van der Waals surface area contributed by atoms with Crippen LogP contribution in [0.25, 0.3) is 0 Å². The molecule has 0 aromatic heterocycles. The Bertz CT molecular complexity index is 337. The van der Waals surface area contributed by atoms with Gasteiger partial charge in [0.2, 0.25) is 0 Å². The summed E-state index contributed by atoms with van der Waals surface area (Å²) in [5.41, 5.74) is 0. The molecule has 0 aromatic carbocycles. The lowest BCUT2D eigenvalue weighted by Gasteiger charge is -2.31. The maximum absolute atomic E-state index is 11.8. The summed E-state index contributed by atoms with van der Waals surface area (Å²) in [7, 11) is 1.38. The van der Waals surface area contributed by atoms with Gasteiger partial charge in [0.25, 0.3) is 0 Å². The summed E-state index contributed by atoms with van der Waals surface area (Å²) in [5, 5.41) is 5.77. The summed E-state index contributed by atoms with van der Waals surface area (Å²) >= 11 is 0. The van der Waals surface area contributed by atoms with Crippen LogP contribution in [0.1, 0.15) is 25.7 Å². The lowest BCUT2D eigenvalue weighted by atomic mass is 10.1. The zero-order chi connectivity index (χ0) is 14.4. The van der Waals surface area contributed by atoms with Crippen molar-refractivity contribution in [3.63, 3.8) is 0 Å². The van der Waals surface area contributed by atoms with Crippen molar-refractivity contribution in [2.75, 3.05) is 33.4 Å². The number of nitrogens with zero attached hydrogens (tertiary/aromatic N) is 1. The van der Waals surface area contributed by atoms with Crippen LogP contribution in [0.3, 0.4) is 0 Å². The summed E-state index contributed by atoms with van der Waals surface area (Å²) < 4.78 is 10.1. The zero-order valence-electron chi connectivity index (χ0n) is 11.9. The third-order valence-corrected chi connectivity index (χ3v) is 3.78. The molecule has 2 aliphatic heterocycles. The van der Waals surface area contributed by atoms with Crippen LogP contribution in [-0.4, -0.2) is 62.5 Å². The third kappa shape index (κ3) is 4.26. The van der Waals surface area contributed by atoms with Crippen molar-refractivity contribution in [2.24, 2.45) is 0 Å². The Kier molecular flexibility index (Phi) is 5.46. The van der Waals surface area contributed by atoms with Gasteiger partial charge in [0.15, 0.2) is 0 Å². The van der Waals surface area contributed by atoms with Gasteiger partial charge in [0.05, 0.1) is 13.2 Å². The maximum atomic E-state index is 11.8. The van der Waals surface area contributed by atoms with Crippen LogP contribution in [0.2, 0.25) is 0 Å². The number of carbonyl (C=O) groups excluding carboxylic acids is 2. The standard InChI is InChI=1S/C13H23N3O4/c1-19-13(18)16-6-4-10(5-7-16)15-12(17)14-9-11-3-2-8-20-11/h10-11H,2-9H2,1H3,(H2,14,15,17)/t11-/m1/s1. The van der Waals surface area contributed by atoms with E-state index in [0.717, 1.165) is 32.3 Å². The van der Waals surface area contributed by atoms with E-state index in [4.69, 9.17) is 4.74 Å². The molecule has 7 nitrogen and oxygen atoms in total. The molecule has 0 aliphatic carbocycles. The number of ether oxygens (including phenoxy) is 2. The first-order valence-electron chi connectivity index (χ1n) is 7.18. The average Bonchev–Trinajstić information content (AvgIpc) is 2.98. The number of hydrogen-bond acceptors (Lipinski definition) is 4. The van der Waals surface area contributed by atoms with E-state index in [9.17, 15) is 9.59 Å². The average molecular weight is 285 g/mol. The molecule has 3 amide bonds. The monoisotopic (exact) mass is 285 g/mol. The predicted octanol–water partition coefficient (Wildman–Crippen LogP) is 0.695. The molecule has 0 spiro atoms. The highest BCUT2D eigenvalue weighted by molar-refractivity contribution is 5.74. The van der Waals surface area contributed by atoms with Crippen LogP contribution in [0.15, 0.2) is 0 Å². The number of amides is 3. The maximum Gasteiger partial charge on any atom is 0.409 e. The highest BCUT2D eigenvalue weighted by Crippen LogP contribution is 2.12. The first-order valence-corrected chi connectivity index (χ1v) is 7.18. The number of nitrogens with one attached hydrogen (secondary N) is 2. The largest absolute Gasteiger partial charge is 0.453 e. The summed E-state index contributed by atoms with van der Waals surface area (Å²) in [4.78, 5) is 24.7. The first kappa shape index (κ1) is 14.9. The Hall–Kier alpha value is -1.50. The molecule has 2 saturated heterocycles. The van der Waals surface area contributed by atoms with E-state index < -0.39 is 0 Å². The number of urea groups is 1. The molecule has 7 heteroatoms. The fourth-order valence-electron chi connectivity index (χ4n) is 2.58. The van der Waals surface area contributed by atoms with Crippen molar-refractivity contribution in [3.05, 3.63) is 0 Å². The SMILES string of the molecule is COC(=O)N1CCC(NC(=O)NC[C@H]2CCCO2)CC1. The Morgan fingerprint density at radius 3 is 2.65 bits per heavy atom. The van der Waals surface area contributed by atoms with E-state index >= 15 is 0 Å². The molecule has 0 aromatic rings. The van der Waals surface area contributed by atoms with Crippen molar-refractivity contribution in [3.8, 4) is 0 Å². The zero-order valence-corrected chi connectivity index (χ0v) is 11.9. The molecule has 2 heterocycles. The molecule has 0 saturated carbocycles. The molecule has 1 atom stereocenters. The van der Waals surface area contributed by atoms with E-state index in [0.29, 0.717) is 19.6 Å². The second-order valence-electron chi connectivity index (χ2n) is 5.22. The van der Waals surface area contributed by atoms with Crippen LogP contribution < -0.4 is 10.6 Å². The van der Waals surface area contributed by atoms with Crippen LogP contribution in [0.5, 0.6) is 0 Å². The van der Waals surface area contributed by atoms with Gasteiger partial charge >= 0.3 is 12.1 Å². The molecule has 0 bridgehead atoms. The van der Waals surface area contributed by atoms with Crippen LogP contribution >= 0.6 is 0 Å². The smallest absolute Gasteiger partial charge is 0.409 e. The Morgan fingerprint density at radius 2 is 2.05 bits per heavy atom. The Labute approximate surface area is 119 Å². The second-order valence-corrected chi connectivity index (χ2v) is 5.22. The highest BCUT2D eigenvalue weighted by Gasteiger charge is 2.24. The van der Waals surface area contributed by atoms with Crippen molar-refractivity contribution in [1.82, 2.24) is 15.5 Å². The molecular weight excluding hydrogens is 262 g/mol. The van der Waals surface area contributed by atoms with Gasteiger partial charge < -0.3 is 25.0 Å². The van der Waals surface area contributed by atoms with Crippen LogP contribution in [0, 0.1) is 0 Å². The second kappa shape index (κ2) is 7.33. The molecule has 114 valence electrons. The molecule has 2 aliphatic rings. The van der Waals surface area contributed by atoms with E-state index in [1.54, 1.807) is 4.90 Å². The van der Waals surface area contributed by atoms with E-state index in [-0.39, 0.29) is 24.3 Å². The number of methoxy groups -OCH3 is 1.